The molecule has 0 fully saturated rings. The summed E-state index contributed by atoms with van der Waals surface area (Å²) in [6.07, 6.45) is 0.797. The standard InChI is InChI=1S/C20H15FN2O3S/c21-11-5-7-12(8-6-11)22-20(26)18(25)13-9-10-15-19(17(13)24)27-16-4-2-1-3-14(16)23-15/h1-8,13,23H,9-10H2,(H,22,26)/t13-/m0/s1. The molecule has 1 amide bonds. The van der Waals surface area contributed by atoms with E-state index in [0.717, 1.165) is 16.3 Å². The largest absolute Gasteiger partial charge is 0.357 e. The van der Waals surface area contributed by atoms with Gasteiger partial charge in [0.2, 0.25) is 5.78 Å². The van der Waals surface area contributed by atoms with Crippen molar-refractivity contribution in [2.24, 2.45) is 5.92 Å². The van der Waals surface area contributed by atoms with E-state index in [1.165, 1.54) is 36.0 Å². The van der Waals surface area contributed by atoms with Crippen LogP contribution >= 0.6 is 11.8 Å². The molecule has 1 heterocycles. The van der Waals surface area contributed by atoms with Gasteiger partial charge in [0, 0.05) is 16.3 Å². The van der Waals surface area contributed by atoms with E-state index in [2.05, 4.69) is 10.6 Å². The van der Waals surface area contributed by atoms with Crippen molar-refractivity contribution in [2.75, 3.05) is 10.6 Å². The molecule has 0 unspecified atom stereocenters. The zero-order chi connectivity index (χ0) is 19.0. The number of benzene rings is 2. The highest BCUT2D eigenvalue weighted by atomic mass is 32.2. The predicted octanol–water partition coefficient (Wildman–Crippen LogP) is 3.74. The lowest BCUT2D eigenvalue weighted by molar-refractivity contribution is -0.140. The maximum Gasteiger partial charge on any atom is 0.292 e. The lowest BCUT2D eigenvalue weighted by atomic mass is 9.87. The second kappa shape index (κ2) is 7.00. The fourth-order valence-corrected chi connectivity index (χ4v) is 4.25. The molecule has 0 bridgehead atoms. The third kappa shape index (κ3) is 3.38. The topological polar surface area (TPSA) is 75.3 Å². The van der Waals surface area contributed by atoms with Crippen LogP contribution in [-0.2, 0) is 14.4 Å². The molecule has 2 aromatic rings. The number of thioether (sulfide) groups is 1. The third-order valence-corrected chi connectivity index (χ3v) is 5.75. The summed E-state index contributed by atoms with van der Waals surface area (Å²) in [5.41, 5.74) is 2.04. The van der Waals surface area contributed by atoms with Crippen LogP contribution in [0.25, 0.3) is 0 Å². The van der Waals surface area contributed by atoms with Gasteiger partial charge in [-0.15, -0.1) is 0 Å². The Morgan fingerprint density at radius 1 is 1.11 bits per heavy atom. The molecule has 2 aromatic carbocycles. The Morgan fingerprint density at radius 2 is 1.85 bits per heavy atom. The summed E-state index contributed by atoms with van der Waals surface area (Å²) in [6.45, 7) is 0. The SMILES string of the molecule is O=C(Nc1ccc(F)cc1)C(=O)[C@H]1CCC2=C(Sc3ccccc3N2)C1=O. The Morgan fingerprint density at radius 3 is 2.63 bits per heavy atom. The van der Waals surface area contributed by atoms with Crippen molar-refractivity contribution < 1.29 is 18.8 Å². The zero-order valence-electron chi connectivity index (χ0n) is 14.1. The van der Waals surface area contributed by atoms with E-state index in [-0.39, 0.29) is 12.2 Å². The summed E-state index contributed by atoms with van der Waals surface area (Å²) >= 11 is 1.33. The van der Waals surface area contributed by atoms with Crippen LogP contribution < -0.4 is 10.6 Å². The second-order valence-electron chi connectivity index (χ2n) is 6.31. The zero-order valence-corrected chi connectivity index (χ0v) is 14.9. The fraction of sp³-hybridized carbons (Fsp3) is 0.150. The maximum atomic E-state index is 13.0. The van der Waals surface area contributed by atoms with E-state index in [0.29, 0.717) is 17.0 Å². The summed E-state index contributed by atoms with van der Waals surface area (Å²) in [4.78, 5) is 39.0. The van der Waals surface area contributed by atoms with Gasteiger partial charge in [0.15, 0.2) is 5.78 Å². The number of allylic oxidation sites excluding steroid dienone is 2. The summed E-state index contributed by atoms with van der Waals surface area (Å²) < 4.78 is 13.0. The van der Waals surface area contributed by atoms with Gasteiger partial charge in [-0.1, -0.05) is 23.9 Å². The van der Waals surface area contributed by atoms with Crippen molar-refractivity contribution in [1.29, 1.82) is 0 Å². The summed E-state index contributed by atoms with van der Waals surface area (Å²) in [5, 5.41) is 5.68. The molecule has 0 spiro atoms. The molecule has 2 N–H and O–H groups in total. The first-order chi connectivity index (χ1) is 13.0. The average Bonchev–Trinajstić information content (AvgIpc) is 2.68. The number of hydrogen-bond donors (Lipinski definition) is 2. The van der Waals surface area contributed by atoms with Crippen LogP contribution in [0.15, 0.2) is 64.0 Å². The van der Waals surface area contributed by atoms with E-state index in [9.17, 15) is 18.8 Å². The van der Waals surface area contributed by atoms with Crippen molar-refractivity contribution in [3.8, 4) is 0 Å². The van der Waals surface area contributed by atoms with Crippen molar-refractivity contribution in [3.63, 3.8) is 0 Å². The van der Waals surface area contributed by atoms with E-state index in [1.807, 2.05) is 24.3 Å². The lowest BCUT2D eigenvalue weighted by Crippen LogP contribution is -2.37. The molecule has 1 atom stereocenters. The Kier molecular flexibility index (Phi) is 4.53. The highest BCUT2D eigenvalue weighted by Crippen LogP contribution is 2.44. The van der Waals surface area contributed by atoms with Crippen LogP contribution in [0.3, 0.4) is 0 Å². The van der Waals surface area contributed by atoms with Crippen molar-refractivity contribution in [1.82, 2.24) is 0 Å². The number of hydrogen-bond acceptors (Lipinski definition) is 5. The molecule has 0 aromatic heterocycles. The molecule has 0 radical (unpaired) electrons. The van der Waals surface area contributed by atoms with Crippen LogP contribution in [0.4, 0.5) is 15.8 Å². The predicted molar refractivity (Wildman–Crippen MR) is 101 cm³/mol. The van der Waals surface area contributed by atoms with E-state index in [1.54, 1.807) is 0 Å². The van der Waals surface area contributed by atoms with Gasteiger partial charge < -0.3 is 10.6 Å². The van der Waals surface area contributed by atoms with E-state index >= 15 is 0 Å². The van der Waals surface area contributed by atoms with E-state index in [4.69, 9.17) is 0 Å². The van der Waals surface area contributed by atoms with Crippen molar-refractivity contribution >= 4 is 40.6 Å². The quantitative estimate of drug-likeness (QED) is 0.625. The number of ketones is 2. The number of halogens is 1. The Bertz CT molecular complexity index is 985. The summed E-state index contributed by atoms with van der Waals surface area (Å²) in [5.74, 6) is -3.40. The minimum absolute atomic E-state index is 0.281. The normalized spacial score (nSPS) is 18.3. The molecule has 27 heavy (non-hydrogen) atoms. The van der Waals surface area contributed by atoms with Gasteiger partial charge in [0.25, 0.3) is 5.91 Å². The number of nitrogens with one attached hydrogen (secondary N) is 2. The minimum Gasteiger partial charge on any atom is -0.357 e. The highest BCUT2D eigenvalue weighted by Gasteiger charge is 2.39. The number of Topliss-reactive ketones (excluding diaryl/α,β-unsaturated/α-hetero) is 2. The number of para-hydroxylation sites is 1. The first-order valence-electron chi connectivity index (χ1n) is 8.45. The second-order valence-corrected chi connectivity index (χ2v) is 7.36. The molecule has 2 aliphatic rings. The minimum atomic E-state index is -0.997. The third-order valence-electron chi connectivity index (χ3n) is 4.52. The molecule has 136 valence electrons. The van der Waals surface area contributed by atoms with Crippen LogP contribution in [0.5, 0.6) is 0 Å². The number of anilines is 2. The molecule has 7 heteroatoms. The highest BCUT2D eigenvalue weighted by molar-refractivity contribution is 8.04. The lowest BCUT2D eigenvalue weighted by Gasteiger charge is -2.29. The van der Waals surface area contributed by atoms with Gasteiger partial charge in [-0.05, 0) is 49.2 Å². The molecule has 1 aliphatic heterocycles. The smallest absolute Gasteiger partial charge is 0.292 e. The molecular formula is C20H15FN2O3S. The number of fused-ring (bicyclic) bond motifs is 1. The van der Waals surface area contributed by atoms with Crippen molar-refractivity contribution in [3.05, 3.63) is 65.0 Å². The summed E-state index contributed by atoms with van der Waals surface area (Å²) in [6, 6.07) is 12.7. The molecular weight excluding hydrogens is 367 g/mol. The Labute approximate surface area is 159 Å². The number of carbonyl (C=O) groups is 3. The molecule has 0 saturated carbocycles. The number of amides is 1. The summed E-state index contributed by atoms with van der Waals surface area (Å²) in [7, 11) is 0. The Balaban J connectivity index is 1.50. The van der Waals surface area contributed by atoms with E-state index < -0.39 is 23.4 Å². The monoisotopic (exact) mass is 382 g/mol. The van der Waals surface area contributed by atoms with Gasteiger partial charge >= 0.3 is 0 Å². The van der Waals surface area contributed by atoms with Gasteiger partial charge in [-0.25, -0.2) is 4.39 Å². The fourth-order valence-electron chi connectivity index (χ4n) is 3.14. The molecule has 1 aliphatic carbocycles. The molecule has 0 saturated heterocycles. The van der Waals surface area contributed by atoms with Gasteiger partial charge in [-0.2, -0.15) is 0 Å². The van der Waals surface area contributed by atoms with Gasteiger partial charge in [0.1, 0.15) is 5.82 Å². The first kappa shape index (κ1) is 17.5. The van der Waals surface area contributed by atoms with Gasteiger partial charge in [-0.3, -0.25) is 14.4 Å². The first-order valence-corrected chi connectivity index (χ1v) is 9.26. The van der Waals surface area contributed by atoms with Crippen molar-refractivity contribution in [2.45, 2.75) is 17.7 Å². The number of carbonyl (C=O) groups excluding carboxylic acids is 3. The number of rotatable bonds is 3. The average molecular weight is 382 g/mol. The van der Waals surface area contributed by atoms with Crippen LogP contribution in [0.1, 0.15) is 12.8 Å². The molecule has 5 nitrogen and oxygen atoms in total. The van der Waals surface area contributed by atoms with Gasteiger partial charge in [0.05, 0.1) is 16.5 Å². The Hall–Kier alpha value is -2.93. The van der Waals surface area contributed by atoms with Crippen LogP contribution in [0, 0.1) is 11.7 Å². The maximum absolute atomic E-state index is 13.0. The van der Waals surface area contributed by atoms with Crippen LogP contribution in [-0.4, -0.2) is 17.5 Å². The molecule has 4 rings (SSSR count). The van der Waals surface area contributed by atoms with Crippen LogP contribution in [0.2, 0.25) is 0 Å².